The molecular weight excluding hydrogens is 210 g/mol. The molecule has 0 aromatic heterocycles. The zero-order chi connectivity index (χ0) is 12.1. The van der Waals surface area contributed by atoms with Gasteiger partial charge in [-0.3, -0.25) is 0 Å². The molecule has 0 N–H and O–H groups in total. The van der Waals surface area contributed by atoms with Crippen molar-refractivity contribution >= 4 is 0 Å². The summed E-state index contributed by atoms with van der Waals surface area (Å²) in [4.78, 5) is 2.14. The van der Waals surface area contributed by atoms with Crippen LogP contribution >= 0.6 is 0 Å². The van der Waals surface area contributed by atoms with Crippen LogP contribution in [0.15, 0.2) is 18.2 Å². The molecule has 0 saturated heterocycles. The predicted octanol–water partition coefficient (Wildman–Crippen LogP) is 2.90. The molecule has 0 unspecified atom stereocenters. The molecule has 0 heterocycles. The van der Waals surface area contributed by atoms with Crippen molar-refractivity contribution < 1.29 is 4.74 Å². The van der Waals surface area contributed by atoms with Crippen molar-refractivity contribution in [3.05, 3.63) is 29.3 Å². The summed E-state index contributed by atoms with van der Waals surface area (Å²) in [5, 5.41) is 0. The van der Waals surface area contributed by atoms with Crippen molar-refractivity contribution in [2.75, 3.05) is 27.2 Å². The van der Waals surface area contributed by atoms with Crippen LogP contribution in [0.1, 0.15) is 30.4 Å². The average molecular weight is 233 g/mol. The maximum atomic E-state index is 5.78. The van der Waals surface area contributed by atoms with Crippen molar-refractivity contribution in [2.45, 2.75) is 32.1 Å². The minimum absolute atomic E-state index is 0.770. The number of likely N-dealkylation sites (N-methyl/N-ethyl adjacent to an activating group) is 1. The smallest absolute Gasteiger partial charge is 0.119 e. The summed E-state index contributed by atoms with van der Waals surface area (Å²) < 4.78 is 5.78. The molecule has 1 aromatic carbocycles. The van der Waals surface area contributed by atoms with E-state index in [1.807, 2.05) is 0 Å². The van der Waals surface area contributed by atoms with E-state index in [9.17, 15) is 0 Å². The lowest BCUT2D eigenvalue weighted by atomic mass is 10.0. The first kappa shape index (κ1) is 12.4. The number of ether oxygens (including phenoxy) is 1. The van der Waals surface area contributed by atoms with Crippen LogP contribution in [0.3, 0.4) is 0 Å². The third-order valence-corrected chi connectivity index (χ3v) is 3.38. The van der Waals surface area contributed by atoms with Crippen LogP contribution in [0.25, 0.3) is 0 Å². The Morgan fingerprint density at radius 3 is 2.59 bits per heavy atom. The Hall–Kier alpha value is -1.02. The monoisotopic (exact) mass is 233 g/mol. The number of rotatable bonds is 4. The van der Waals surface area contributed by atoms with Gasteiger partial charge in [0.2, 0.25) is 0 Å². The summed E-state index contributed by atoms with van der Waals surface area (Å²) in [6.45, 7) is 1.74. The third kappa shape index (κ3) is 3.74. The molecule has 0 bridgehead atoms. The highest BCUT2D eigenvalue weighted by Crippen LogP contribution is 2.24. The maximum absolute atomic E-state index is 5.78. The number of nitrogens with zero attached hydrogens (tertiary/aromatic N) is 1. The Balaban J connectivity index is 1.97. The average Bonchev–Trinajstić information content (AvgIpc) is 2.53. The van der Waals surface area contributed by atoms with E-state index in [1.54, 1.807) is 0 Å². The topological polar surface area (TPSA) is 12.5 Å². The first-order chi connectivity index (χ1) is 8.25. The highest BCUT2D eigenvalue weighted by atomic mass is 16.5. The first-order valence-corrected chi connectivity index (χ1v) is 6.65. The fourth-order valence-electron chi connectivity index (χ4n) is 2.32. The minimum Gasteiger partial charge on any atom is -0.492 e. The summed E-state index contributed by atoms with van der Waals surface area (Å²) >= 11 is 0. The van der Waals surface area contributed by atoms with Gasteiger partial charge in [-0.15, -0.1) is 0 Å². The standard InChI is InChI=1S/C15H23NO/c1-16(2)10-11-17-15-9-8-13-6-4-3-5-7-14(13)12-15/h8-9,12H,3-7,10-11H2,1-2H3. The molecule has 0 radical (unpaired) electrons. The Labute approximate surface area is 105 Å². The predicted molar refractivity (Wildman–Crippen MR) is 71.8 cm³/mol. The van der Waals surface area contributed by atoms with Crippen LogP contribution in [0.4, 0.5) is 0 Å². The lowest BCUT2D eigenvalue weighted by Crippen LogP contribution is -2.19. The molecular formula is C15H23NO. The quantitative estimate of drug-likeness (QED) is 0.741. The highest BCUT2D eigenvalue weighted by molar-refractivity contribution is 5.36. The molecule has 0 amide bonds. The van der Waals surface area contributed by atoms with Gasteiger partial charge in [-0.25, -0.2) is 0 Å². The van der Waals surface area contributed by atoms with Gasteiger partial charge in [0.15, 0.2) is 0 Å². The third-order valence-electron chi connectivity index (χ3n) is 3.38. The second-order valence-corrected chi connectivity index (χ2v) is 5.14. The second kappa shape index (κ2) is 6.06. The normalized spacial score (nSPS) is 15.5. The minimum atomic E-state index is 0.770. The first-order valence-electron chi connectivity index (χ1n) is 6.65. The fourth-order valence-corrected chi connectivity index (χ4v) is 2.32. The maximum Gasteiger partial charge on any atom is 0.119 e. The van der Waals surface area contributed by atoms with E-state index in [0.29, 0.717) is 0 Å². The highest BCUT2D eigenvalue weighted by Gasteiger charge is 2.08. The summed E-state index contributed by atoms with van der Waals surface area (Å²) in [5.41, 5.74) is 3.03. The molecule has 1 aliphatic rings. The van der Waals surface area contributed by atoms with Gasteiger partial charge in [0.25, 0.3) is 0 Å². The van der Waals surface area contributed by atoms with E-state index in [-0.39, 0.29) is 0 Å². The largest absolute Gasteiger partial charge is 0.492 e. The fraction of sp³-hybridized carbons (Fsp3) is 0.600. The van der Waals surface area contributed by atoms with Gasteiger partial charge in [0.1, 0.15) is 12.4 Å². The van der Waals surface area contributed by atoms with Gasteiger partial charge in [0, 0.05) is 6.54 Å². The summed E-state index contributed by atoms with van der Waals surface area (Å²) in [6, 6.07) is 6.63. The molecule has 2 heteroatoms. The summed E-state index contributed by atoms with van der Waals surface area (Å²) in [7, 11) is 4.14. The molecule has 0 saturated carbocycles. The Kier molecular flexibility index (Phi) is 4.43. The Bertz CT molecular complexity index is 360. The molecule has 0 fully saturated rings. The molecule has 17 heavy (non-hydrogen) atoms. The zero-order valence-corrected chi connectivity index (χ0v) is 11.0. The zero-order valence-electron chi connectivity index (χ0n) is 11.0. The number of hydrogen-bond donors (Lipinski definition) is 0. The number of aryl methyl sites for hydroxylation is 2. The number of hydrogen-bond acceptors (Lipinski definition) is 2. The molecule has 0 atom stereocenters. The lowest BCUT2D eigenvalue weighted by molar-refractivity contribution is 0.261. The van der Waals surface area contributed by atoms with Gasteiger partial charge < -0.3 is 9.64 Å². The van der Waals surface area contributed by atoms with Crippen LogP contribution in [0, 0.1) is 0 Å². The van der Waals surface area contributed by atoms with Crippen molar-refractivity contribution in [3.63, 3.8) is 0 Å². The Morgan fingerprint density at radius 1 is 1.06 bits per heavy atom. The molecule has 1 aromatic rings. The van der Waals surface area contributed by atoms with Gasteiger partial charge in [-0.05, 0) is 63.0 Å². The van der Waals surface area contributed by atoms with E-state index < -0.39 is 0 Å². The van der Waals surface area contributed by atoms with E-state index in [0.717, 1.165) is 18.9 Å². The van der Waals surface area contributed by atoms with E-state index in [1.165, 1.54) is 43.2 Å². The molecule has 1 aliphatic carbocycles. The van der Waals surface area contributed by atoms with Gasteiger partial charge in [-0.1, -0.05) is 12.5 Å². The number of fused-ring (bicyclic) bond motifs is 1. The summed E-state index contributed by atoms with van der Waals surface area (Å²) in [5.74, 6) is 1.03. The van der Waals surface area contributed by atoms with Crippen molar-refractivity contribution in [1.82, 2.24) is 4.90 Å². The van der Waals surface area contributed by atoms with Crippen molar-refractivity contribution in [1.29, 1.82) is 0 Å². The molecule has 0 aliphatic heterocycles. The summed E-state index contributed by atoms with van der Waals surface area (Å²) in [6.07, 6.45) is 6.50. The van der Waals surface area contributed by atoms with Crippen LogP contribution in [-0.2, 0) is 12.8 Å². The molecule has 94 valence electrons. The SMILES string of the molecule is CN(C)CCOc1ccc2c(c1)CCCCC2. The van der Waals surface area contributed by atoms with Gasteiger partial charge in [0.05, 0.1) is 0 Å². The molecule has 0 spiro atoms. The van der Waals surface area contributed by atoms with Gasteiger partial charge >= 0.3 is 0 Å². The number of benzene rings is 1. The second-order valence-electron chi connectivity index (χ2n) is 5.14. The molecule has 2 rings (SSSR count). The lowest BCUT2D eigenvalue weighted by Gasteiger charge is -2.13. The van der Waals surface area contributed by atoms with Gasteiger partial charge in [-0.2, -0.15) is 0 Å². The van der Waals surface area contributed by atoms with E-state index in [4.69, 9.17) is 4.74 Å². The molecule has 2 nitrogen and oxygen atoms in total. The van der Waals surface area contributed by atoms with Crippen LogP contribution < -0.4 is 4.74 Å². The van der Waals surface area contributed by atoms with E-state index in [2.05, 4.69) is 37.2 Å². The van der Waals surface area contributed by atoms with E-state index >= 15 is 0 Å². The Morgan fingerprint density at radius 2 is 1.82 bits per heavy atom. The van der Waals surface area contributed by atoms with Crippen LogP contribution in [-0.4, -0.2) is 32.1 Å². The van der Waals surface area contributed by atoms with Crippen molar-refractivity contribution in [3.8, 4) is 5.75 Å². The van der Waals surface area contributed by atoms with Crippen LogP contribution in [0.5, 0.6) is 5.75 Å². The van der Waals surface area contributed by atoms with Crippen LogP contribution in [0.2, 0.25) is 0 Å². The van der Waals surface area contributed by atoms with Crippen molar-refractivity contribution in [2.24, 2.45) is 0 Å².